The minimum Gasteiger partial charge on any atom is -0.478 e. The summed E-state index contributed by atoms with van der Waals surface area (Å²) in [5.41, 5.74) is 0.444. The Labute approximate surface area is 109 Å². The quantitative estimate of drug-likeness (QED) is 0.702. The lowest BCUT2D eigenvalue weighted by atomic mass is 10.2. The third-order valence-corrected chi connectivity index (χ3v) is 3.15. The second-order valence-electron chi connectivity index (χ2n) is 4.39. The van der Waals surface area contributed by atoms with Gasteiger partial charge in [-0.15, -0.1) is 0 Å². The number of hydrogen-bond donors (Lipinski definition) is 1. The molecular weight excluding hydrogens is 252 g/mol. The van der Waals surface area contributed by atoms with Crippen molar-refractivity contribution in [1.82, 2.24) is 19.6 Å². The van der Waals surface area contributed by atoms with Crippen molar-refractivity contribution in [2.24, 2.45) is 7.05 Å². The van der Waals surface area contributed by atoms with Crippen LogP contribution in [0, 0.1) is 0 Å². The van der Waals surface area contributed by atoms with Crippen LogP contribution in [0.25, 0.3) is 0 Å². The number of carboxylic acids is 1. The molecule has 1 aliphatic heterocycles. The SMILES string of the molecule is CN1CCN(Cc2c(C(=O)O)cnn2C)C(=O)C1=O. The lowest BCUT2D eigenvalue weighted by molar-refractivity contribution is -0.155. The largest absolute Gasteiger partial charge is 0.478 e. The maximum absolute atomic E-state index is 11.8. The molecule has 8 nitrogen and oxygen atoms in total. The molecular formula is C11H14N4O4. The smallest absolute Gasteiger partial charge is 0.339 e. The van der Waals surface area contributed by atoms with E-state index in [0.717, 1.165) is 0 Å². The van der Waals surface area contributed by atoms with E-state index >= 15 is 0 Å². The molecule has 19 heavy (non-hydrogen) atoms. The number of carbonyl (C=O) groups excluding carboxylic acids is 2. The van der Waals surface area contributed by atoms with Crippen LogP contribution >= 0.6 is 0 Å². The van der Waals surface area contributed by atoms with Gasteiger partial charge in [0.1, 0.15) is 5.56 Å². The molecule has 2 rings (SSSR count). The highest BCUT2D eigenvalue weighted by atomic mass is 16.4. The van der Waals surface area contributed by atoms with Gasteiger partial charge in [0.15, 0.2) is 0 Å². The molecule has 1 aromatic heterocycles. The first-order chi connectivity index (χ1) is 8.91. The van der Waals surface area contributed by atoms with Gasteiger partial charge in [0.25, 0.3) is 0 Å². The maximum Gasteiger partial charge on any atom is 0.339 e. The molecule has 2 amide bonds. The molecule has 0 spiro atoms. The molecule has 1 aliphatic rings. The van der Waals surface area contributed by atoms with Crippen molar-refractivity contribution >= 4 is 17.8 Å². The molecule has 102 valence electrons. The molecule has 0 bridgehead atoms. The molecule has 1 aromatic rings. The van der Waals surface area contributed by atoms with Gasteiger partial charge in [0.2, 0.25) is 0 Å². The summed E-state index contributed by atoms with van der Waals surface area (Å²) < 4.78 is 1.40. The lowest BCUT2D eigenvalue weighted by Crippen LogP contribution is -2.52. The highest BCUT2D eigenvalue weighted by Gasteiger charge is 2.31. The number of amides is 2. The van der Waals surface area contributed by atoms with Crippen LogP contribution in [0.3, 0.4) is 0 Å². The van der Waals surface area contributed by atoms with Crippen LogP contribution < -0.4 is 0 Å². The fourth-order valence-electron chi connectivity index (χ4n) is 1.93. The van der Waals surface area contributed by atoms with Gasteiger partial charge in [-0.2, -0.15) is 5.10 Å². The minimum absolute atomic E-state index is 0.0432. The lowest BCUT2D eigenvalue weighted by Gasteiger charge is -2.31. The van der Waals surface area contributed by atoms with E-state index in [1.807, 2.05) is 0 Å². The predicted molar refractivity (Wildman–Crippen MR) is 63.2 cm³/mol. The fourth-order valence-corrected chi connectivity index (χ4v) is 1.93. The molecule has 0 saturated carbocycles. The van der Waals surface area contributed by atoms with Crippen molar-refractivity contribution in [2.75, 3.05) is 20.1 Å². The van der Waals surface area contributed by atoms with Crippen LogP contribution in [-0.4, -0.2) is 62.6 Å². The summed E-state index contributed by atoms with van der Waals surface area (Å²) in [6.45, 7) is 0.882. The molecule has 0 unspecified atom stereocenters. The average Bonchev–Trinajstić information content (AvgIpc) is 2.72. The van der Waals surface area contributed by atoms with Crippen LogP contribution in [0.5, 0.6) is 0 Å². The summed E-state index contributed by atoms with van der Waals surface area (Å²) in [5.74, 6) is -2.30. The van der Waals surface area contributed by atoms with E-state index in [2.05, 4.69) is 5.10 Å². The molecule has 8 heteroatoms. The van der Waals surface area contributed by atoms with Crippen molar-refractivity contribution < 1.29 is 19.5 Å². The molecule has 0 radical (unpaired) electrons. The Balaban J connectivity index is 2.22. The zero-order valence-electron chi connectivity index (χ0n) is 10.7. The first-order valence-electron chi connectivity index (χ1n) is 5.70. The van der Waals surface area contributed by atoms with Gasteiger partial charge in [-0.25, -0.2) is 4.79 Å². The molecule has 0 aliphatic carbocycles. The second-order valence-corrected chi connectivity index (χ2v) is 4.39. The molecule has 2 heterocycles. The standard InChI is InChI=1S/C11H14N4O4/c1-13-3-4-15(10(17)9(13)16)6-8-7(11(18)19)5-12-14(8)2/h5H,3-4,6H2,1-2H3,(H,18,19). The van der Waals surface area contributed by atoms with Gasteiger partial charge < -0.3 is 14.9 Å². The zero-order chi connectivity index (χ0) is 14.2. The Morgan fingerprint density at radius 3 is 2.63 bits per heavy atom. The Morgan fingerprint density at radius 2 is 2.00 bits per heavy atom. The van der Waals surface area contributed by atoms with Crippen molar-refractivity contribution in [3.05, 3.63) is 17.5 Å². The summed E-state index contributed by atoms with van der Waals surface area (Å²) in [4.78, 5) is 37.1. The van der Waals surface area contributed by atoms with E-state index in [4.69, 9.17) is 5.11 Å². The number of hydrogen-bond acceptors (Lipinski definition) is 4. The zero-order valence-corrected chi connectivity index (χ0v) is 10.7. The van der Waals surface area contributed by atoms with Gasteiger partial charge in [-0.3, -0.25) is 14.3 Å². The molecule has 0 aromatic carbocycles. The maximum atomic E-state index is 11.8. The summed E-state index contributed by atoms with van der Waals surface area (Å²) in [7, 11) is 3.16. The van der Waals surface area contributed by atoms with Gasteiger partial charge in [-0.1, -0.05) is 0 Å². The van der Waals surface area contributed by atoms with Crippen LogP contribution in [0.4, 0.5) is 0 Å². The topological polar surface area (TPSA) is 95.7 Å². The average molecular weight is 266 g/mol. The van der Waals surface area contributed by atoms with E-state index in [9.17, 15) is 14.4 Å². The number of likely N-dealkylation sites (N-methyl/N-ethyl adjacent to an activating group) is 1. The fraction of sp³-hybridized carbons (Fsp3) is 0.455. The number of nitrogens with zero attached hydrogens (tertiary/aromatic N) is 4. The third-order valence-electron chi connectivity index (χ3n) is 3.15. The number of aryl methyl sites for hydroxylation is 1. The first-order valence-corrected chi connectivity index (χ1v) is 5.70. The molecule has 1 saturated heterocycles. The number of carbonyl (C=O) groups is 3. The Morgan fingerprint density at radius 1 is 1.32 bits per heavy atom. The highest BCUT2D eigenvalue weighted by Crippen LogP contribution is 2.13. The van der Waals surface area contributed by atoms with E-state index < -0.39 is 17.8 Å². The first kappa shape index (κ1) is 13.1. The number of piperazine rings is 1. The van der Waals surface area contributed by atoms with Crippen molar-refractivity contribution in [3.8, 4) is 0 Å². The number of aromatic nitrogens is 2. The summed E-state index contributed by atoms with van der Waals surface area (Å²) in [5, 5.41) is 12.9. The van der Waals surface area contributed by atoms with E-state index in [-0.39, 0.29) is 12.1 Å². The van der Waals surface area contributed by atoms with E-state index in [1.54, 1.807) is 14.1 Å². The van der Waals surface area contributed by atoms with Crippen molar-refractivity contribution in [3.63, 3.8) is 0 Å². The molecule has 1 N–H and O–H groups in total. The minimum atomic E-state index is -1.10. The monoisotopic (exact) mass is 266 g/mol. The highest BCUT2D eigenvalue weighted by molar-refractivity contribution is 6.35. The van der Waals surface area contributed by atoms with E-state index in [1.165, 1.54) is 20.7 Å². The second kappa shape index (κ2) is 4.71. The van der Waals surface area contributed by atoms with Crippen LogP contribution in [0.1, 0.15) is 16.1 Å². The van der Waals surface area contributed by atoms with Gasteiger partial charge in [-0.05, 0) is 0 Å². The summed E-state index contributed by atoms with van der Waals surface area (Å²) in [6, 6.07) is 0. The van der Waals surface area contributed by atoms with Crippen molar-refractivity contribution in [2.45, 2.75) is 6.54 Å². The predicted octanol–water partition coefficient (Wildman–Crippen LogP) is -1.08. The van der Waals surface area contributed by atoms with Crippen molar-refractivity contribution in [1.29, 1.82) is 0 Å². The van der Waals surface area contributed by atoms with Crippen LogP contribution in [0.15, 0.2) is 6.20 Å². The summed E-state index contributed by atoms with van der Waals surface area (Å²) >= 11 is 0. The number of aromatic carboxylic acids is 1. The Kier molecular flexibility index (Phi) is 3.24. The van der Waals surface area contributed by atoms with Gasteiger partial charge in [0, 0.05) is 27.2 Å². The van der Waals surface area contributed by atoms with Crippen LogP contribution in [0.2, 0.25) is 0 Å². The number of carboxylic acid groups (broad SMARTS) is 1. The van der Waals surface area contributed by atoms with Gasteiger partial charge in [0.05, 0.1) is 18.4 Å². The van der Waals surface area contributed by atoms with E-state index in [0.29, 0.717) is 18.8 Å². The number of rotatable bonds is 3. The van der Waals surface area contributed by atoms with Gasteiger partial charge >= 0.3 is 17.8 Å². The summed E-state index contributed by atoms with van der Waals surface area (Å²) in [6.07, 6.45) is 1.24. The Hall–Kier alpha value is -2.38. The third kappa shape index (κ3) is 2.28. The molecule has 1 fully saturated rings. The molecule has 0 atom stereocenters. The Bertz CT molecular complexity index is 551. The normalized spacial score (nSPS) is 16.1. The van der Waals surface area contributed by atoms with Crippen LogP contribution in [-0.2, 0) is 23.2 Å².